The number of aryl methyl sites for hydroxylation is 1. The van der Waals surface area contributed by atoms with Crippen molar-refractivity contribution in [1.29, 1.82) is 0 Å². The number of carbonyl (C=O) groups excluding carboxylic acids is 5. The summed E-state index contributed by atoms with van der Waals surface area (Å²) in [6.45, 7) is 12.1. The molecule has 1 aromatic heterocycles. The van der Waals surface area contributed by atoms with Gasteiger partial charge in [0.2, 0.25) is 11.8 Å². The van der Waals surface area contributed by atoms with Crippen LogP contribution in [0.2, 0.25) is 0 Å². The largest absolute Gasteiger partial charge is 0.480 e. The van der Waals surface area contributed by atoms with E-state index in [4.69, 9.17) is 15.2 Å². The molecule has 1 unspecified atom stereocenters. The van der Waals surface area contributed by atoms with Gasteiger partial charge in [-0.3, -0.25) is 14.5 Å². The van der Waals surface area contributed by atoms with Gasteiger partial charge in [0.15, 0.2) is 0 Å². The van der Waals surface area contributed by atoms with E-state index in [1.807, 2.05) is 42.1 Å². The standard InChI is InChI=1S/C39H55N7O9/c1-23(2)30(44-36(52)55-38(3,4)5)33(48)43-28(14-12-20-41-35(40)51)32(47)42-25-18-16-24(17-19-25)22-54-37(53)46(9)31(34(49)50)39(6,7)27-21-45(8)29-15-11-10-13-26(27)29/h10-11,13,15-19,21,23,28,30-31H,12,14,20,22H2,1-9H3,(H,42,47)(H,43,48)(H,44,52)(H,49,50)(H3,40,41,51)/t28-,30?,31+/m0/s1. The number of carbonyl (C=O) groups is 6. The molecule has 6 amide bonds. The summed E-state index contributed by atoms with van der Waals surface area (Å²) >= 11 is 0. The lowest BCUT2D eigenvalue weighted by atomic mass is 9.77. The summed E-state index contributed by atoms with van der Waals surface area (Å²) in [6, 6.07) is 10.0. The minimum absolute atomic E-state index is 0.130. The average molecular weight is 766 g/mol. The number of para-hydroxylation sites is 1. The lowest BCUT2D eigenvalue weighted by Gasteiger charge is -2.37. The molecule has 0 spiro atoms. The Balaban J connectivity index is 1.68. The quantitative estimate of drug-likeness (QED) is 0.112. The maximum Gasteiger partial charge on any atom is 0.410 e. The molecular formula is C39H55N7O9. The first-order valence-corrected chi connectivity index (χ1v) is 18.0. The van der Waals surface area contributed by atoms with Crippen LogP contribution < -0.4 is 27.0 Å². The van der Waals surface area contributed by atoms with Crippen molar-refractivity contribution in [3.63, 3.8) is 0 Å². The maximum atomic E-state index is 13.5. The maximum absolute atomic E-state index is 13.5. The molecule has 0 aliphatic rings. The summed E-state index contributed by atoms with van der Waals surface area (Å²) < 4.78 is 12.7. The van der Waals surface area contributed by atoms with Crippen molar-refractivity contribution in [2.45, 2.75) is 97.1 Å². The normalized spacial score (nSPS) is 13.3. The molecule has 16 nitrogen and oxygen atoms in total. The number of likely N-dealkylation sites (N-methyl/N-ethyl adjacent to an activating group) is 1. The number of rotatable bonds is 16. The van der Waals surface area contributed by atoms with Crippen LogP contribution in [0, 0.1) is 5.92 Å². The van der Waals surface area contributed by atoms with Gasteiger partial charge in [0.25, 0.3) is 0 Å². The van der Waals surface area contributed by atoms with Crippen molar-refractivity contribution in [2.24, 2.45) is 18.7 Å². The van der Waals surface area contributed by atoms with Gasteiger partial charge in [0, 0.05) is 48.8 Å². The van der Waals surface area contributed by atoms with E-state index in [1.54, 1.807) is 72.7 Å². The molecule has 0 bridgehead atoms. The van der Waals surface area contributed by atoms with Gasteiger partial charge < -0.3 is 46.1 Å². The van der Waals surface area contributed by atoms with Crippen molar-refractivity contribution < 1.29 is 43.3 Å². The van der Waals surface area contributed by atoms with Gasteiger partial charge in [0.05, 0.1) is 0 Å². The number of carboxylic acids is 1. The van der Waals surface area contributed by atoms with Crippen LogP contribution in [0.15, 0.2) is 54.7 Å². The number of carboxylic acid groups (broad SMARTS) is 1. The minimum Gasteiger partial charge on any atom is -0.480 e. The number of nitrogens with two attached hydrogens (primary N) is 1. The van der Waals surface area contributed by atoms with Gasteiger partial charge >= 0.3 is 24.2 Å². The lowest BCUT2D eigenvalue weighted by Crippen LogP contribution is -2.55. The Bertz CT molecular complexity index is 1850. The Labute approximate surface area is 321 Å². The number of urea groups is 1. The number of nitrogens with zero attached hydrogens (tertiary/aromatic N) is 2. The molecule has 2 aromatic carbocycles. The number of anilines is 1. The smallest absolute Gasteiger partial charge is 0.410 e. The number of alkyl carbamates (subject to hydrolysis) is 1. The molecule has 0 fully saturated rings. The summed E-state index contributed by atoms with van der Waals surface area (Å²) in [5.41, 5.74) is 6.02. The third kappa shape index (κ3) is 12.1. The molecule has 0 saturated heterocycles. The number of aliphatic carboxylic acids is 1. The number of hydrogen-bond acceptors (Lipinski definition) is 8. The number of hydrogen-bond donors (Lipinski definition) is 6. The summed E-state index contributed by atoms with van der Waals surface area (Å²) in [4.78, 5) is 77.3. The molecule has 0 aliphatic carbocycles. The minimum atomic E-state index is -1.26. The van der Waals surface area contributed by atoms with Gasteiger partial charge in [0.1, 0.15) is 30.3 Å². The second kappa shape index (κ2) is 18.5. The molecule has 3 atom stereocenters. The van der Waals surface area contributed by atoms with Crippen LogP contribution in [-0.4, -0.2) is 87.9 Å². The van der Waals surface area contributed by atoms with Gasteiger partial charge in [-0.25, -0.2) is 19.2 Å². The van der Waals surface area contributed by atoms with Crippen LogP contribution in [0.3, 0.4) is 0 Å². The number of benzene rings is 2. The van der Waals surface area contributed by atoms with E-state index < -0.39 is 65.1 Å². The van der Waals surface area contributed by atoms with Crippen LogP contribution in [0.4, 0.5) is 20.1 Å². The van der Waals surface area contributed by atoms with E-state index in [0.29, 0.717) is 17.7 Å². The predicted octanol–water partition coefficient (Wildman–Crippen LogP) is 4.60. The molecule has 0 saturated carbocycles. The third-order valence-electron chi connectivity index (χ3n) is 8.99. The Morgan fingerprint density at radius 3 is 2.15 bits per heavy atom. The zero-order valence-corrected chi connectivity index (χ0v) is 33.0. The van der Waals surface area contributed by atoms with Gasteiger partial charge in [-0.2, -0.15) is 0 Å². The highest BCUT2D eigenvalue weighted by atomic mass is 16.6. The fraction of sp³-hybridized carbons (Fsp3) is 0.487. The Hall–Kier alpha value is -5.80. The molecule has 3 rings (SSSR count). The van der Waals surface area contributed by atoms with E-state index in [2.05, 4.69) is 21.3 Å². The summed E-state index contributed by atoms with van der Waals surface area (Å²) in [7, 11) is 3.27. The zero-order valence-electron chi connectivity index (χ0n) is 33.0. The monoisotopic (exact) mass is 765 g/mol. The molecule has 7 N–H and O–H groups in total. The molecule has 16 heteroatoms. The Morgan fingerprint density at radius 1 is 0.927 bits per heavy atom. The Kier molecular flexibility index (Phi) is 14.7. The zero-order chi connectivity index (χ0) is 41.2. The highest BCUT2D eigenvalue weighted by Gasteiger charge is 2.43. The second-order valence-corrected chi connectivity index (χ2v) is 15.3. The van der Waals surface area contributed by atoms with Crippen molar-refractivity contribution in [3.05, 3.63) is 65.9 Å². The van der Waals surface area contributed by atoms with E-state index in [-0.39, 0.29) is 25.5 Å². The van der Waals surface area contributed by atoms with Gasteiger partial charge in [-0.05, 0) is 68.9 Å². The first kappa shape index (κ1) is 43.6. The van der Waals surface area contributed by atoms with Crippen molar-refractivity contribution in [2.75, 3.05) is 18.9 Å². The number of ether oxygens (including phenoxy) is 2. The van der Waals surface area contributed by atoms with Crippen LogP contribution in [0.1, 0.15) is 72.4 Å². The summed E-state index contributed by atoms with van der Waals surface area (Å²) in [5.74, 6) is -2.69. The first-order valence-electron chi connectivity index (χ1n) is 18.0. The molecule has 3 aromatic rings. The summed E-state index contributed by atoms with van der Waals surface area (Å²) in [5, 5.41) is 21.7. The lowest BCUT2D eigenvalue weighted by molar-refractivity contribution is -0.144. The Morgan fingerprint density at radius 2 is 1.56 bits per heavy atom. The van der Waals surface area contributed by atoms with Crippen LogP contribution in [0.5, 0.6) is 0 Å². The fourth-order valence-corrected chi connectivity index (χ4v) is 6.24. The molecule has 1 heterocycles. The number of fused-ring (bicyclic) bond motifs is 1. The number of amides is 6. The molecule has 300 valence electrons. The molecule has 0 aliphatic heterocycles. The average Bonchev–Trinajstić information content (AvgIpc) is 3.43. The van der Waals surface area contributed by atoms with E-state index in [0.717, 1.165) is 21.4 Å². The molecular weight excluding hydrogens is 710 g/mol. The fourth-order valence-electron chi connectivity index (χ4n) is 6.24. The SMILES string of the molecule is CC(C)C(NC(=O)OC(C)(C)C)C(=O)N[C@@H](CCCNC(N)=O)C(=O)Nc1ccc(COC(=O)N(C)[C@H](C(=O)O)C(C)(C)c2cn(C)c3ccccc23)cc1. The predicted molar refractivity (Wildman–Crippen MR) is 207 cm³/mol. The summed E-state index contributed by atoms with van der Waals surface area (Å²) in [6.07, 6.45) is 0.698. The van der Waals surface area contributed by atoms with E-state index in [1.165, 1.54) is 7.05 Å². The highest BCUT2D eigenvalue weighted by molar-refractivity contribution is 5.98. The third-order valence-corrected chi connectivity index (χ3v) is 8.99. The van der Waals surface area contributed by atoms with Crippen molar-refractivity contribution in [3.8, 4) is 0 Å². The van der Waals surface area contributed by atoms with Crippen LogP contribution >= 0.6 is 0 Å². The number of nitrogens with one attached hydrogen (secondary N) is 4. The van der Waals surface area contributed by atoms with E-state index >= 15 is 0 Å². The highest BCUT2D eigenvalue weighted by Crippen LogP contribution is 2.36. The number of aromatic nitrogens is 1. The van der Waals surface area contributed by atoms with Crippen molar-refractivity contribution in [1.82, 2.24) is 25.4 Å². The van der Waals surface area contributed by atoms with Crippen LogP contribution in [0.25, 0.3) is 10.9 Å². The molecule has 0 radical (unpaired) electrons. The van der Waals surface area contributed by atoms with E-state index in [9.17, 15) is 33.9 Å². The molecule has 55 heavy (non-hydrogen) atoms. The first-order chi connectivity index (χ1) is 25.6. The van der Waals surface area contributed by atoms with Gasteiger partial charge in [-0.1, -0.05) is 58.0 Å². The topological polar surface area (TPSA) is 223 Å². The van der Waals surface area contributed by atoms with Crippen LogP contribution in [-0.2, 0) is 42.9 Å². The van der Waals surface area contributed by atoms with Crippen molar-refractivity contribution >= 4 is 52.6 Å². The second-order valence-electron chi connectivity index (χ2n) is 15.3. The number of primary amides is 1. The van der Waals surface area contributed by atoms with Gasteiger partial charge in [-0.15, -0.1) is 0 Å².